The van der Waals surface area contributed by atoms with Gasteiger partial charge >= 0.3 is 0 Å². The van der Waals surface area contributed by atoms with E-state index in [1.807, 2.05) is 16.8 Å². The van der Waals surface area contributed by atoms with Crippen molar-refractivity contribution in [1.29, 1.82) is 0 Å². The normalized spacial score (nSPS) is 11.3. The van der Waals surface area contributed by atoms with Crippen LogP contribution in [0.3, 0.4) is 0 Å². The third-order valence-corrected chi connectivity index (χ3v) is 5.17. The van der Waals surface area contributed by atoms with E-state index in [1.165, 1.54) is 5.71 Å². The van der Waals surface area contributed by atoms with Crippen molar-refractivity contribution >= 4 is 17.0 Å². The molecule has 158 valence electrons. The number of methoxy groups -OCH3 is 3. The standard InChI is InChI=1S/C22H31N3O3S/c1-7-10-17(11-8-2)24-25-18(15-29-22(25)23-12-9-3)16-13-19(26-4)21(28-6)20(14-16)27-5/h9,13-15H,3,7-8,10-12H2,1-2,4-6H3. The van der Waals surface area contributed by atoms with Crippen molar-refractivity contribution in [2.45, 2.75) is 39.5 Å². The maximum absolute atomic E-state index is 5.53. The summed E-state index contributed by atoms with van der Waals surface area (Å²) in [5.74, 6) is 1.78. The summed E-state index contributed by atoms with van der Waals surface area (Å²) in [4.78, 5) is 5.46. The Hall–Kier alpha value is -2.54. The molecule has 1 aromatic carbocycles. The minimum atomic E-state index is 0.543. The van der Waals surface area contributed by atoms with Crippen LogP contribution in [-0.2, 0) is 0 Å². The molecule has 0 amide bonds. The lowest BCUT2D eigenvalue weighted by atomic mass is 10.1. The van der Waals surface area contributed by atoms with Gasteiger partial charge in [-0.25, -0.2) is 4.68 Å². The second-order valence-corrected chi connectivity index (χ2v) is 7.26. The van der Waals surface area contributed by atoms with Gasteiger partial charge in [-0.3, -0.25) is 4.99 Å². The zero-order valence-electron chi connectivity index (χ0n) is 18.0. The van der Waals surface area contributed by atoms with Crippen LogP contribution in [0.15, 0.2) is 40.3 Å². The lowest BCUT2D eigenvalue weighted by Gasteiger charge is -2.14. The van der Waals surface area contributed by atoms with Crippen LogP contribution in [-0.4, -0.2) is 38.3 Å². The summed E-state index contributed by atoms with van der Waals surface area (Å²) >= 11 is 1.55. The number of aromatic nitrogens is 1. The summed E-state index contributed by atoms with van der Waals surface area (Å²) in [5, 5.41) is 7.04. The van der Waals surface area contributed by atoms with Crippen LogP contribution in [0.4, 0.5) is 0 Å². The summed E-state index contributed by atoms with van der Waals surface area (Å²) in [5.41, 5.74) is 3.02. The maximum Gasteiger partial charge on any atom is 0.206 e. The molecule has 0 radical (unpaired) electrons. The molecule has 1 heterocycles. The summed E-state index contributed by atoms with van der Waals surface area (Å²) in [6.07, 6.45) is 5.83. The van der Waals surface area contributed by atoms with E-state index in [4.69, 9.17) is 19.3 Å². The molecular formula is C22H31N3O3S. The number of rotatable bonds is 11. The fraction of sp³-hybridized carbons (Fsp3) is 0.455. The summed E-state index contributed by atoms with van der Waals surface area (Å²) in [7, 11) is 4.84. The second kappa shape index (κ2) is 11.5. The highest BCUT2D eigenvalue weighted by Gasteiger charge is 2.17. The molecule has 0 saturated carbocycles. The van der Waals surface area contributed by atoms with Crippen LogP contribution < -0.4 is 19.0 Å². The Bertz CT molecular complexity index is 879. The molecule has 6 nitrogen and oxygen atoms in total. The molecule has 0 aliphatic heterocycles. The summed E-state index contributed by atoms with van der Waals surface area (Å²) < 4.78 is 18.4. The van der Waals surface area contributed by atoms with Gasteiger partial charge in [0.05, 0.1) is 33.6 Å². The number of hydrogen-bond donors (Lipinski definition) is 0. The third-order valence-electron chi connectivity index (χ3n) is 4.32. The molecule has 0 fully saturated rings. The van der Waals surface area contributed by atoms with E-state index in [2.05, 4.69) is 30.8 Å². The first-order valence-electron chi connectivity index (χ1n) is 9.82. The molecule has 0 saturated heterocycles. The molecule has 2 rings (SSSR count). The van der Waals surface area contributed by atoms with E-state index in [1.54, 1.807) is 38.7 Å². The average Bonchev–Trinajstić information content (AvgIpc) is 3.13. The monoisotopic (exact) mass is 417 g/mol. The molecule has 1 aromatic heterocycles. The fourth-order valence-electron chi connectivity index (χ4n) is 3.02. The smallest absolute Gasteiger partial charge is 0.206 e. The molecule has 0 N–H and O–H groups in total. The topological polar surface area (TPSA) is 57.3 Å². The fourth-order valence-corrected chi connectivity index (χ4v) is 3.86. The van der Waals surface area contributed by atoms with E-state index in [0.717, 1.165) is 41.7 Å². The number of hydrogen-bond acceptors (Lipinski definition) is 6. The quantitative estimate of drug-likeness (QED) is 0.376. The van der Waals surface area contributed by atoms with Gasteiger partial charge in [-0.2, -0.15) is 5.10 Å². The van der Waals surface area contributed by atoms with E-state index in [9.17, 15) is 0 Å². The van der Waals surface area contributed by atoms with E-state index < -0.39 is 0 Å². The van der Waals surface area contributed by atoms with E-state index in [0.29, 0.717) is 23.8 Å². The predicted molar refractivity (Wildman–Crippen MR) is 121 cm³/mol. The predicted octanol–water partition coefficient (Wildman–Crippen LogP) is 5.13. The van der Waals surface area contributed by atoms with Crippen molar-refractivity contribution in [1.82, 2.24) is 4.68 Å². The van der Waals surface area contributed by atoms with Crippen molar-refractivity contribution in [3.63, 3.8) is 0 Å². The summed E-state index contributed by atoms with van der Waals surface area (Å²) in [6.45, 7) is 8.66. The van der Waals surface area contributed by atoms with Crippen molar-refractivity contribution in [3.05, 3.63) is 35.0 Å². The van der Waals surface area contributed by atoms with Crippen LogP contribution in [0.1, 0.15) is 39.5 Å². The Morgan fingerprint density at radius 1 is 1.07 bits per heavy atom. The first-order chi connectivity index (χ1) is 14.1. The van der Waals surface area contributed by atoms with E-state index >= 15 is 0 Å². The lowest BCUT2D eigenvalue weighted by Crippen LogP contribution is -2.15. The van der Waals surface area contributed by atoms with Crippen molar-refractivity contribution in [2.75, 3.05) is 27.9 Å². The number of nitrogens with zero attached hydrogens (tertiary/aromatic N) is 3. The SMILES string of the molecule is C=CCN=c1scc(-c2cc(OC)c(OC)c(OC)c2)n1N=C(CCC)CCC. The Balaban J connectivity index is 2.72. The zero-order valence-corrected chi connectivity index (χ0v) is 18.8. The molecule has 0 bridgehead atoms. The van der Waals surface area contributed by atoms with Crippen LogP contribution in [0.25, 0.3) is 11.3 Å². The molecule has 29 heavy (non-hydrogen) atoms. The van der Waals surface area contributed by atoms with Gasteiger partial charge in [0.1, 0.15) is 0 Å². The van der Waals surface area contributed by atoms with Crippen LogP contribution in [0.2, 0.25) is 0 Å². The van der Waals surface area contributed by atoms with Gasteiger partial charge in [0, 0.05) is 16.7 Å². The molecule has 0 aliphatic carbocycles. The minimum Gasteiger partial charge on any atom is -0.493 e. The Morgan fingerprint density at radius 2 is 1.69 bits per heavy atom. The number of ether oxygens (including phenoxy) is 3. The van der Waals surface area contributed by atoms with Crippen molar-refractivity contribution in [2.24, 2.45) is 10.1 Å². The highest BCUT2D eigenvalue weighted by molar-refractivity contribution is 7.07. The third kappa shape index (κ3) is 5.50. The van der Waals surface area contributed by atoms with Crippen molar-refractivity contribution < 1.29 is 14.2 Å². The molecule has 0 aliphatic rings. The van der Waals surface area contributed by atoms with Gasteiger partial charge in [0.25, 0.3) is 0 Å². The molecule has 2 aromatic rings. The first kappa shape index (κ1) is 22.7. The molecule has 0 spiro atoms. The number of benzene rings is 1. The maximum atomic E-state index is 5.53. The van der Waals surface area contributed by atoms with Crippen LogP contribution in [0.5, 0.6) is 17.2 Å². The minimum absolute atomic E-state index is 0.543. The van der Waals surface area contributed by atoms with Gasteiger partial charge in [0.2, 0.25) is 10.6 Å². The van der Waals surface area contributed by atoms with Gasteiger partial charge in [-0.1, -0.05) is 32.8 Å². The Morgan fingerprint density at radius 3 is 2.17 bits per heavy atom. The van der Waals surface area contributed by atoms with E-state index in [-0.39, 0.29) is 0 Å². The average molecular weight is 418 g/mol. The molecule has 0 unspecified atom stereocenters. The highest BCUT2D eigenvalue weighted by Crippen LogP contribution is 2.41. The highest BCUT2D eigenvalue weighted by atomic mass is 32.1. The lowest BCUT2D eigenvalue weighted by molar-refractivity contribution is 0.324. The Kier molecular flexibility index (Phi) is 8.99. The number of thiazole rings is 1. The molecule has 0 atom stereocenters. The first-order valence-corrected chi connectivity index (χ1v) is 10.7. The molecular weight excluding hydrogens is 386 g/mol. The van der Waals surface area contributed by atoms with Crippen LogP contribution in [0, 0.1) is 0 Å². The van der Waals surface area contributed by atoms with Gasteiger partial charge in [-0.15, -0.1) is 17.9 Å². The second-order valence-electron chi connectivity index (χ2n) is 6.42. The van der Waals surface area contributed by atoms with Crippen molar-refractivity contribution in [3.8, 4) is 28.5 Å². The van der Waals surface area contributed by atoms with Crippen LogP contribution >= 0.6 is 11.3 Å². The van der Waals surface area contributed by atoms with Gasteiger partial charge < -0.3 is 14.2 Å². The van der Waals surface area contributed by atoms with Gasteiger partial charge in [-0.05, 0) is 25.0 Å². The largest absolute Gasteiger partial charge is 0.493 e. The molecule has 7 heteroatoms. The Labute approximate surface area is 177 Å². The van der Waals surface area contributed by atoms with Gasteiger partial charge in [0.15, 0.2) is 11.5 Å². The summed E-state index contributed by atoms with van der Waals surface area (Å²) in [6, 6.07) is 3.87. The zero-order chi connectivity index (χ0) is 21.2.